The SMILES string of the molecule is CC1(C)S[C@@H]2[C@H](NC(=O)C(N)c3ccc(O)cc3)C(=O)N2[C@H]1C(=O)O.C[C@@H]1O[C@@H]1P(=O)(O)O. The maximum Gasteiger partial charge on any atom is 0.356 e. The number of carbonyl (C=O) groups is 3. The van der Waals surface area contributed by atoms with Crippen LogP contribution >= 0.6 is 19.4 Å². The van der Waals surface area contributed by atoms with E-state index in [0.717, 1.165) is 0 Å². The van der Waals surface area contributed by atoms with Gasteiger partial charge in [0.2, 0.25) is 11.8 Å². The number of phenolic OH excluding ortho intramolecular Hbond substituents is 1. The molecule has 6 atom stereocenters. The molecule has 7 N–H and O–H groups in total. The van der Waals surface area contributed by atoms with Crippen molar-refractivity contribution in [3.63, 3.8) is 0 Å². The molecule has 1 aromatic carbocycles. The molecule has 4 rings (SSSR count). The molecule has 33 heavy (non-hydrogen) atoms. The van der Waals surface area contributed by atoms with Gasteiger partial charge >= 0.3 is 13.6 Å². The highest BCUT2D eigenvalue weighted by molar-refractivity contribution is 8.01. The Labute approximate surface area is 193 Å². The number of nitrogens with two attached hydrogens (primary N) is 1. The summed E-state index contributed by atoms with van der Waals surface area (Å²) in [5.41, 5.74) is 6.41. The molecule has 0 bridgehead atoms. The number of carbonyl (C=O) groups excluding carboxylic acids is 2. The lowest BCUT2D eigenvalue weighted by molar-refractivity contribution is -0.161. The van der Waals surface area contributed by atoms with E-state index in [0.29, 0.717) is 5.56 Å². The standard InChI is InChI=1S/C16H19N3O5S.C3H7O4P/c1-16(2)11(15(23)24)19-13(22)10(14(19)25-16)18-12(21)9(17)7-3-5-8(20)6-4-7;1-2-3(7-2)8(4,5)6/h3-6,9-11,14,20H,17H2,1-2H3,(H,18,21)(H,23,24);2-3H,1H3,(H2,4,5,6)/t9?,10-,11+,14-;2-,3+/m10/s1. The molecule has 2 amide bonds. The molecule has 3 heterocycles. The Morgan fingerprint density at radius 1 is 1.27 bits per heavy atom. The van der Waals surface area contributed by atoms with Crippen LogP contribution in [-0.4, -0.2) is 76.8 Å². The van der Waals surface area contributed by atoms with Crippen LogP contribution in [0.5, 0.6) is 5.75 Å². The molecule has 1 unspecified atom stereocenters. The number of rotatable bonds is 5. The highest BCUT2D eigenvalue weighted by Gasteiger charge is 2.64. The number of carboxylic acids is 1. The molecule has 3 fully saturated rings. The summed E-state index contributed by atoms with van der Waals surface area (Å²) in [5, 5.41) is 20.9. The van der Waals surface area contributed by atoms with Crippen LogP contribution in [0.4, 0.5) is 0 Å². The van der Waals surface area contributed by atoms with Gasteiger partial charge in [-0.1, -0.05) is 12.1 Å². The number of fused-ring (bicyclic) bond motifs is 1. The lowest BCUT2D eigenvalue weighted by Crippen LogP contribution is -2.71. The smallest absolute Gasteiger partial charge is 0.356 e. The van der Waals surface area contributed by atoms with Crippen LogP contribution < -0.4 is 11.1 Å². The number of hydrogen-bond donors (Lipinski definition) is 6. The van der Waals surface area contributed by atoms with Gasteiger partial charge in [-0.2, -0.15) is 0 Å². The number of aliphatic carboxylic acids is 1. The van der Waals surface area contributed by atoms with Gasteiger partial charge in [0.15, 0.2) is 5.85 Å². The van der Waals surface area contributed by atoms with Crippen LogP contribution in [0.1, 0.15) is 32.4 Å². The third-order valence-electron chi connectivity index (χ3n) is 5.52. The number of benzene rings is 1. The first kappa shape index (κ1) is 25.5. The molecular formula is C19H26N3O9PS. The van der Waals surface area contributed by atoms with Gasteiger partial charge in [-0.05, 0) is 38.5 Å². The van der Waals surface area contributed by atoms with Crippen LogP contribution in [0.2, 0.25) is 0 Å². The summed E-state index contributed by atoms with van der Waals surface area (Å²) < 4.78 is 14.0. The number of aromatic hydroxyl groups is 1. The predicted molar refractivity (Wildman–Crippen MR) is 117 cm³/mol. The molecule has 12 nitrogen and oxygen atoms in total. The number of nitrogens with one attached hydrogen (secondary N) is 1. The average Bonchev–Trinajstić information content (AvgIpc) is 3.40. The molecule has 1 aromatic rings. The topological polar surface area (TPSA) is 203 Å². The molecule has 3 aliphatic heterocycles. The monoisotopic (exact) mass is 503 g/mol. The van der Waals surface area contributed by atoms with E-state index in [2.05, 4.69) is 10.1 Å². The van der Waals surface area contributed by atoms with Gasteiger partial charge in [0.25, 0.3) is 0 Å². The first-order valence-electron chi connectivity index (χ1n) is 9.93. The zero-order chi connectivity index (χ0) is 24.9. The predicted octanol–water partition coefficient (Wildman–Crippen LogP) is -0.0674. The maximum atomic E-state index is 12.3. The van der Waals surface area contributed by atoms with Gasteiger partial charge in [0.05, 0.1) is 6.10 Å². The van der Waals surface area contributed by atoms with Crippen LogP contribution in [0.25, 0.3) is 0 Å². The molecule has 3 saturated heterocycles. The Balaban J connectivity index is 0.000000323. The van der Waals surface area contributed by atoms with Crippen molar-refractivity contribution >= 4 is 37.1 Å². The van der Waals surface area contributed by atoms with Crippen LogP contribution in [0, 0.1) is 0 Å². The molecule has 0 aliphatic carbocycles. The second-order valence-electron chi connectivity index (χ2n) is 8.47. The van der Waals surface area contributed by atoms with Crippen LogP contribution in [0.15, 0.2) is 24.3 Å². The summed E-state index contributed by atoms with van der Waals surface area (Å²) in [7, 11) is -3.90. The fraction of sp³-hybridized carbons (Fsp3) is 0.526. The van der Waals surface area contributed by atoms with Crippen molar-refractivity contribution in [3.05, 3.63) is 29.8 Å². The number of β-lactam (4-membered cyclic amide) rings is 1. The second-order valence-corrected chi connectivity index (χ2v) is 11.9. The minimum absolute atomic E-state index is 0.0606. The fourth-order valence-corrected chi connectivity index (χ4v) is 6.27. The highest BCUT2D eigenvalue weighted by atomic mass is 32.2. The van der Waals surface area contributed by atoms with Crippen molar-refractivity contribution in [1.82, 2.24) is 10.2 Å². The van der Waals surface area contributed by atoms with Crippen molar-refractivity contribution in [2.24, 2.45) is 5.73 Å². The molecule has 182 valence electrons. The van der Waals surface area contributed by atoms with Crippen molar-refractivity contribution in [2.45, 2.75) is 61.0 Å². The van der Waals surface area contributed by atoms with E-state index in [-0.39, 0.29) is 11.9 Å². The number of thioether (sulfide) groups is 1. The first-order chi connectivity index (χ1) is 15.1. The third-order valence-corrected chi connectivity index (χ3v) is 8.29. The van der Waals surface area contributed by atoms with Crippen molar-refractivity contribution in [2.75, 3.05) is 0 Å². The fourth-order valence-electron chi connectivity index (χ4n) is 3.75. The number of ether oxygens (including phenoxy) is 1. The molecule has 3 aliphatic rings. The number of epoxide rings is 1. The van der Waals surface area contributed by atoms with E-state index >= 15 is 0 Å². The zero-order valence-electron chi connectivity index (χ0n) is 18.0. The minimum Gasteiger partial charge on any atom is -0.508 e. The molecule has 0 saturated carbocycles. The average molecular weight is 503 g/mol. The van der Waals surface area contributed by atoms with E-state index in [4.69, 9.17) is 15.5 Å². The van der Waals surface area contributed by atoms with Crippen molar-refractivity contribution in [1.29, 1.82) is 0 Å². The lowest BCUT2D eigenvalue weighted by Gasteiger charge is -2.43. The summed E-state index contributed by atoms with van der Waals surface area (Å²) in [6.45, 7) is 5.16. The van der Waals surface area contributed by atoms with Gasteiger partial charge < -0.3 is 40.7 Å². The van der Waals surface area contributed by atoms with Gasteiger partial charge in [-0.15, -0.1) is 11.8 Å². The third kappa shape index (κ3) is 5.18. The van der Waals surface area contributed by atoms with E-state index in [9.17, 15) is 29.2 Å². The maximum absolute atomic E-state index is 12.3. The van der Waals surface area contributed by atoms with Crippen LogP contribution in [-0.2, 0) is 23.7 Å². The summed E-state index contributed by atoms with van der Waals surface area (Å²) in [5.74, 6) is -2.76. The molecule has 0 aromatic heterocycles. The van der Waals surface area contributed by atoms with Gasteiger partial charge in [0.1, 0.15) is 29.2 Å². The Kier molecular flexibility index (Phi) is 6.87. The number of phenols is 1. The Morgan fingerprint density at radius 2 is 1.82 bits per heavy atom. The summed E-state index contributed by atoms with van der Waals surface area (Å²) >= 11 is 1.35. The zero-order valence-corrected chi connectivity index (χ0v) is 19.7. The second kappa shape index (κ2) is 8.90. The summed E-state index contributed by atoms with van der Waals surface area (Å²) in [6, 6.07) is 3.21. The molecular weight excluding hydrogens is 477 g/mol. The molecule has 14 heteroatoms. The van der Waals surface area contributed by atoms with E-state index in [1.54, 1.807) is 20.8 Å². The van der Waals surface area contributed by atoms with Crippen molar-refractivity contribution in [3.8, 4) is 5.75 Å². The van der Waals surface area contributed by atoms with Gasteiger partial charge in [-0.3, -0.25) is 14.2 Å². The number of carboxylic acid groups (broad SMARTS) is 1. The Hall–Kier alpha value is -2.15. The number of amides is 2. The van der Waals surface area contributed by atoms with E-state index < -0.39 is 59.5 Å². The van der Waals surface area contributed by atoms with Crippen LogP contribution in [0.3, 0.4) is 0 Å². The van der Waals surface area contributed by atoms with E-state index in [1.165, 1.54) is 40.9 Å². The largest absolute Gasteiger partial charge is 0.508 e. The normalized spacial score (nSPS) is 30.3. The highest BCUT2D eigenvalue weighted by Crippen LogP contribution is 2.52. The molecule has 0 radical (unpaired) electrons. The summed E-state index contributed by atoms with van der Waals surface area (Å²) in [6.07, 6.45) is -0.254. The van der Waals surface area contributed by atoms with E-state index in [1.807, 2.05) is 0 Å². The lowest BCUT2D eigenvalue weighted by atomic mass is 9.95. The Bertz CT molecular complexity index is 999. The minimum atomic E-state index is -3.90. The Morgan fingerprint density at radius 3 is 2.24 bits per heavy atom. The number of nitrogens with zero attached hydrogens (tertiary/aromatic N) is 1. The molecule has 0 spiro atoms. The quantitative estimate of drug-likeness (QED) is 0.178. The van der Waals surface area contributed by atoms with Gasteiger partial charge in [-0.25, -0.2) is 4.79 Å². The first-order valence-corrected chi connectivity index (χ1v) is 12.5. The van der Waals surface area contributed by atoms with Gasteiger partial charge in [0, 0.05) is 4.75 Å². The van der Waals surface area contributed by atoms with Crippen molar-refractivity contribution < 1.29 is 43.7 Å². The number of hydrogen-bond acceptors (Lipinski definition) is 8. The summed E-state index contributed by atoms with van der Waals surface area (Å²) in [4.78, 5) is 54.1.